The molecule has 1 aliphatic carbocycles. The SMILES string of the molecule is CC1(C)CC(C)(C)c2cc3c(cc2-c2ccc(-c4nc(-c5ccccc5)c5ccccc5n4)cc21)oc1cc2ccccc2cc13. The van der Waals surface area contributed by atoms with E-state index in [-0.39, 0.29) is 10.8 Å². The molecule has 0 saturated carbocycles. The van der Waals surface area contributed by atoms with Crippen LogP contribution >= 0.6 is 0 Å². The van der Waals surface area contributed by atoms with Gasteiger partial charge in [0.1, 0.15) is 11.2 Å². The van der Waals surface area contributed by atoms with Gasteiger partial charge in [0, 0.05) is 27.3 Å². The fraction of sp³-hybridized carbons (Fsp3) is 0.163. The molecule has 2 aromatic heterocycles. The summed E-state index contributed by atoms with van der Waals surface area (Å²) >= 11 is 0. The zero-order valence-electron chi connectivity index (χ0n) is 26.6. The molecule has 0 unspecified atom stereocenters. The Hall–Kier alpha value is -5.28. The molecule has 0 atom stereocenters. The van der Waals surface area contributed by atoms with Gasteiger partial charge < -0.3 is 4.42 Å². The molecule has 46 heavy (non-hydrogen) atoms. The fourth-order valence-electron chi connectivity index (χ4n) is 8.09. The van der Waals surface area contributed by atoms with E-state index in [1.807, 2.05) is 6.07 Å². The smallest absolute Gasteiger partial charge is 0.160 e. The molecule has 0 amide bonds. The van der Waals surface area contributed by atoms with Crippen LogP contribution in [0.3, 0.4) is 0 Å². The number of para-hydroxylation sites is 1. The average Bonchev–Trinajstić information content (AvgIpc) is 3.39. The van der Waals surface area contributed by atoms with E-state index in [2.05, 4.69) is 143 Å². The van der Waals surface area contributed by atoms with E-state index in [1.54, 1.807) is 0 Å². The van der Waals surface area contributed by atoms with Crippen LogP contribution in [0.1, 0.15) is 45.2 Å². The van der Waals surface area contributed by atoms with Gasteiger partial charge in [-0.15, -0.1) is 0 Å². The summed E-state index contributed by atoms with van der Waals surface area (Å²) in [6.45, 7) is 9.54. The first-order valence-corrected chi connectivity index (χ1v) is 16.1. The lowest BCUT2D eigenvalue weighted by Gasteiger charge is -2.34. The molecule has 0 N–H and O–H groups in total. The van der Waals surface area contributed by atoms with Crippen LogP contribution in [0.15, 0.2) is 126 Å². The maximum atomic E-state index is 6.57. The molecule has 0 saturated heterocycles. The summed E-state index contributed by atoms with van der Waals surface area (Å²) in [5, 5.41) is 5.85. The maximum absolute atomic E-state index is 6.57. The topological polar surface area (TPSA) is 38.9 Å². The van der Waals surface area contributed by atoms with Crippen molar-refractivity contribution in [2.75, 3.05) is 0 Å². The van der Waals surface area contributed by atoms with E-state index < -0.39 is 0 Å². The van der Waals surface area contributed by atoms with Gasteiger partial charge in [0.25, 0.3) is 0 Å². The molecule has 0 spiro atoms. The Bertz CT molecular complexity index is 2500. The monoisotopic (exact) mass is 594 g/mol. The first-order valence-electron chi connectivity index (χ1n) is 16.1. The van der Waals surface area contributed by atoms with Crippen LogP contribution in [-0.4, -0.2) is 9.97 Å². The van der Waals surface area contributed by atoms with E-state index in [0.29, 0.717) is 0 Å². The van der Waals surface area contributed by atoms with E-state index >= 15 is 0 Å². The van der Waals surface area contributed by atoms with Crippen molar-refractivity contribution in [3.63, 3.8) is 0 Å². The number of nitrogens with zero attached hydrogens (tertiary/aromatic N) is 2. The number of benzene rings is 6. The van der Waals surface area contributed by atoms with Crippen LogP contribution in [0.25, 0.3) is 77.4 Å². The van der Waals surface area contributed by atoms with Crippen LogP contribution in [0, 0.1) is 0 Å². The van der Waals surface area contributed by atoms with Crippen molar-refractivity contribution >= 4 is 43.6 Å². The van der Waals surface area contributed by atoms with Crippen molar-refractivity contribution in [1.82, 2.24) is 9.97 Å². The van der Waals surface area contributed by atoms with Crippen molar-refractivity contribution in [3.8, 4) is 33.8 Å². The Balaban J connectivity index is 1.27. The first kappa shape index (κ1) is 27.1. The second-order valence-electron chi connectivity index (χ2n) is 14.2. The van der Waals surface area contributed by atoms with Crippen LogP contribution in [0.2, 0.25) is 0 Å². The summed E-state index contributed by atoms with van der Waals surface area (Å²) in [7, 11) is 0. The predicted octanol–water partition coefficient (Wildman–Crippen LogP) is 11.6. The van der Waals surface area contributed by atoms with Gasteiger partial charge >= 0.3 is 0 Å². The minimum absolute atomic E-state index is 0.0629. The lowest BCUT2D eigenvalue weighted by Crippen LogP contribution is -2.28. The highest BCUT2D eigenvalue weighted by atomic mass is 16.3. The number of fused-ring (bicyclic) bond motifs is 8. The Morgan fingerprint density at radius 1 is 0.522 bits per heavy atom. The molecule has 1 aliphatic rings. The minimum Gasteiger partial charge on any atom is -0.456 e. The van der Waals surface area contributed by atoms with Gasteiger partial charge in [0.2, 0.25) is 0 Å². The lowest BCUT2D eigenvalue weighted by atomic mass is 9.70. The summed E-state index contributed by atoms with van der Waals surface area (Å²) in [4.78, 5) is 10.3. The van der Waals surface area contributed by atoms with Crippen molar-refractivity contribution in [2.45, 2.75) is 44.9 Å². The van der Waals surface area contributed by atoms with Gasteiger partial charge in [-0.25, -0.2) is 9.97 Å². The summed E-state index contributed by atoms with van der Waals surface area (Å²) in [6.07, 6.45) is 1.00. The molecule has 9 rings (SSSR count). The standard InChI is InChI=1S/C43H34N2O/c1-42(2)25-43(3,4)36-23-34-33-20-27-14-8-9-15-28(27)22-38(33)46-39(34)24-32(36)30-19-18-29(21-35(30)42)41-44-37-17-11-10-16-31(37)40(45-41)26-12-6-5-7-13-26/h5-24H,25H2,1-4H3. The maximum Gasteiger partial charge on any atom is 0.160 e. The van der Waals surface area contributed by atoms with Crippen LogP contribution in [0.5, 0.6) is 0 Å². The molecule has 0 radical (unpaired) electrons. The Morgan fingerprint density at radius 2 is 1.17 bits per heavy atom. The number of hydrogen-bond acceptors (Lipinski definition) is 3. The predicted molar refractivity (Wildman–Crippen MR) is 191 cm³/mol. The highest BCUT2D eigenvalue weighted by Crippen LogP contribution is 2.51. The van der Waals surface area contributed by atoms with E-state index in [9.17, 15) is 0 Å². The molecule has 3 nitrogen and oxygen atoms in total. The van der Waals surface area contributed by atoms with Gasteiger partial charge in [0.15, 0.2) is 5.82 Å². The highest BCUT2D eigenvalue weighted by Gasteiger charge is 2.39. The third kappa shape index (κ3) is 4.11. The molecule has 0 bridgehead atoms. The summed E-state index contributed by atoms with van der Waals surface area (Å²) in [5.41, 5.74) is 10.9. The first-order chi connectivity index (χ1) is 22.2. The third-order valence-electron chi connectivity index (χ3n) is 10.0. The summed E-state index contributed by atoms with van der Waals surface area (Å²) < 4.78 is 6.57. The minimum atomic E-state index is -0.0909. The van der Waals surface area contributed by atoms with Gasteiger partial charge in [-0.05, 0) is 86.7 Å². The molecular formula is C43H34N2O. The van der Waals surface area contributed by atoms with Crippen molar-refractivity contribution in [2.24, 2.45) is 0 Å². The van der Waals surface area contributed by atoms with Crippen LogP contribution in [0.4, 0.5) is 0 Å². The Kier molecular flexibility index (Phi) is 5.65. The van der Waals surface area contributed by atoms with Gasteiger partial charge in [-0.2, -0.15) is 0 Å². The normalized spacial score (nSPS) is 15.2. The highest BCUT2D eigenvalue weighted by molar-refractivity contribution is 6.11. The largest absolute Gasteiger partial charge is 0.456 e. The third-order valence-corrected chi connectivity index (χ3v) is 10.0. The second-order valence-corrected chi connectivity index (χ2v) is 14.2. The van der Waals surface area contributed by atoms with Crippen LogP contribution < -0.4 is 0 Å². The lowest BCUT2D eigenvalue weighted by molar-refractivity contribution is 0.355. The molecule has 2 heterocycles. The number of hydrogen-bond donors (Lipinski definition) is 0. The summed E-state index contributed by atoms with van der Waals surface area (Å²) in [5.74, 6) is 0.750. The van der Waals surface area contributed by atoms with E-state index in [0.717, 1.165) is 51.1 Å². The number of furan rings is 1. The van der Waals surface area contributed by atoms with Crippen molar-refractivity contribution in [3.05, 3.63) is 132 Å². The van der Waals surface area contributed by atoms with Crippen molar-refractivity contribution < 1.29 is 4.42 Å². The average molecular weight is 595 g/mol. The summed E-state index contributed by atoms with van der Waals surface area (Å²) in [6, 6.07) is 43.2. The molecular weight excluding hydrogens is 560 g/mol. The van der Waals surface area contributed by atoms with E-state index in [1.165, 1.54) is 43.8 Å². The number of aromatic nitrogens is 2. The van der Waals surface area contributed by atoms with Crippen molar-refractivity contribution in [1.29, 1.82) is 0 Å². The molecule has 3 heteroatoms. The zero-order chi connectivity index (χ0) is 31.2. The fourth-order valence-corrected chi connectivity index (χ4v) is 8.09. The molecule has 6 aromatic carbocycles. The Labute approximate surface area is 268 Å². The second kappa shape index (κ2) is 9.61. The molecule has 8 aromatic rings. The quantitative estimate of drug-likeness (QED) is 0.200. The molecule has 222 valence electrons. The number of rotatable bonds is 2. The van der Waals surface area contributed by atoms with E-state index in [4.69, 9.17) is 14.4 Å². The van der Waals surface area contributed by atoms with Crippen LogP contribution in [-0.2, 0) is 10.8 Å². The van der Waals surface area contributed by atoms with Gasteiger partial charge in [-0.3, -0.25) is 0 Å². The van der Waals surface area contributed by atoms with Gasteiger partial charge in [0.05, 0.1) is 11.2 Å². The molecule has 0 fully saturated rings. The van der Waals surface area contributed by atoms with Gasteiger partial charge in [-0.1, -0.05) is 113 Å². The zero-order valence-corrected chi connectivity index (χ0v) is 26.6. The molecule has 0 aliphatic heterocycles. The Morgan fingerprint density at radius 3 is 1.98 bits per heavy atom.